The van der Waals surface area contributed by atoms with Crippen LogP contribution >= 0.6 is 0 Å². The van der Waals surface area contributed by atoms with Gasteiger partial charge in [-0.3, -0.25) is 0 Å². The second-order valence-electron chi connectivity index (χ2n) is 5.10. The first kappa shape index (κ1) is 9.13. The van der Waals surface area contributed by atoms with Gasteiger partial charge in [-0.1, -0.05) is 6.92 Å². The smallest absolute Gasteiger partial charge is 0.169 e. The number of ether oxygens (including phenoxy) is 2. The van der Waals surface area contributed by atoms with Crippen LogP contribution in [0.15, 0.2) is 0 Å². The molecule has 3 rings (SSSR count). The van der Waals surface area contributed by atoms with Gasteiger partial charge < -0.3 is 14.6 Å². The molecule has 80 valence electrons. The Kier molecular flexibility index (Phi) is 1.92. The van der Waals surface area contributed by atoms with Crippen LogP contribution in [0.4, 0.5) is 0 Å². The summed E-state index contributed by atoms with van der Waals surface area (Å²) < 4.78 is 11.4. The summed E-state index contributed by atoms with van der Waals surface area (Å²) in [5, 5.41) is 9.75. The molecule has 1 N–H and O–H groups in total. The lowest BCUT2D eigenvalue weighted by Gasteiger charge is -2.24. The van der Waals surface area contributed by atoms with E-state index in [0.717, 1.165) is 32.5 Å². The van der Waals surface area contributed by atoms with E-state index in [9.17, 15) is 5.11 Å². The third-order valence-electron chi connectivity index (χ3n) is 4.37. The highest BCUT2D eigenvalue weighted by Crippen LogP contribution is 2.54. The lowest BCUT2D eigenvalue weighted by atomic mass is 9.93. The molecule has 0 aromatic heterocycles. The topological polar surface area (TPSA) is 38.7 Å². The minimum Gasteiger partial charge on any atom is -0.393 e. The van der Waals surface area contributed by atoms with Crippen LogP contribution in [-0.4, -0.2) is 30.2 Å². The average molecular weight is 198 g/mol. The number of fused-ring (bicyclic) bond motifs is 1. The van der Waals surface area contributed by atoms with Crippen molar-refractivity contribution in [2.24, 2.45) is 17.8 Å². The molecule has 0 bridgehead atoms. The number of aliphatic hydroxyl groups excluding tert-OH is 1. The molecule has 0 unspecified atom stereocenters. The summed E-state index contributed by atoms with van der Waals surface area (Å²) in [6.45, 7) is 3.65. The van der Waals surface area contributed by atoms with E-state index in [4.69, 9.17) is 9.47 Å². The SMILES string of the molecule is C[C@@H]1[C@@H]2CC3(C[C@@H]2C[C@H]1O)OCCO3. The molecule has 0 amide bonds. The maximum absolute atomic E-state index is 9.75. The Balaban J connectivity index is 1.77. The Hall–Kier alpha value is -0.120. The number of aliphatic hydroxyl groups is 1. The normalized spacial score (nSPS) is 50.1. The summed E-state index contributed by atoms with van der Waals surface area (Å²) in [7, 11) is 0. The van der Waals surface area contributed by atoms with E-state index in [1.807, 2.05) is 0 Å². The molecule has 3 nitrogen and oxygen atoms in total. The van der Waals surface area contributed by atoms with Crippen LogP contribution in [0.25, 0.3) is 0 Å². The standard InChI is InChI=1S/C11H18O3/c1-7-9-6-11(13-2-3-14-11)5-8(9)4-10(7)12/h7-10,12H,2-6H2,1H3/t7-,8+,9+,10-/m1/s1. The molecule has 2 aliphatic carbocycles. The second-order valence-corrected chi connectivity index (χ2v) is 5.10. The van der Waals surface area contributed by atoms with Crippen molar-refractivity contribution in [3.05, 3.63) is 0 Å². The van der Waals surface area contributed by atoms with Gasteiger partial charge in [-0.15, -0.1) is 0 Å². The van der Waals surface area contributed by atoms with Crippen LogP contribution < -0.4 is 0 Å². The van der Waals surface area contributed by atoms with E-state index in [2.05, 4.69) is 6.92 Å². The van der Waals surface area contributed by atoms with E-state index in [1.165, 1.54) is 0 Å². The lowest BCUT2D eigenvalue weighted by molar-refractivity contribution is -0.157. The third-order valence-corrected chi connectivity index (χ3v) is 4.37. The molecular formula is C11H18O3. The van der Waals surface area contributed by atoms with Gasteiger partial charge in [0.2, 0.25) is 0 Å². The van der Waals surface area contributed by atoms with E-state index < -0.39 is 0 Å². The molecule has 3 heteroatoms. The second kappa shape index (κ2) is 2.94. The highest BCUT2D eigenvalue weighted by atomic mass is 16.7. The van der Waals surface area contributed by atoms with Crippen molar-refractivity contribution in [1.29, 1.82) is 0 Å². The molecule has 1 spiro atoms. The molecule has 14 heavy (non-hydrogen) atoms. The first-order valence-electron chi connectivity index (χ1n) is 5.66. The van der Waals surface area contributed by atoms with Crippen LogP contribution in [0.1, 0.15) is 26.2 Å². The van der Waals surface area contributed by atoms with Crippen molar-refractivity contribution in [3.8, 4) is 0 Å². The summed E-state index contributed by atoms with van der Waals surface area (Å²) in [5.74, 6) is 1.40. The zero-order valence-corrected chi connectivity index (χ0v) is 8.61. The molecule has 4 atom stereocenters. The van der Waals surface area contributed by atoms with Crippen molar-refractivity contribution in [1.82, 2.24) is 0 Å². The van der Waals surface area contributed by atoms with Gasteiger partial charge in [0.25, 0.3) is 0 Å². The van der Waals surface area contributed by atoms with Gasteiger partial charge in [0.1, 0.15) is 0 Å². The van der Waals surface area contributed by atoms with Gasteiger partial charge >= 0.3 is 0 Å². The summed E-state index contributed by atoms with van der Waals surface area (Å²) in [5.41, 5.74) is 0. The largest absolute Gasteiger partial charge is 0.393 e. The molecule has 3 aliphatic rings. The molecule has 1 saturated heterocycles. The fourth-order valence-electron chi connectivity index (χ4n) is 3.58. The maximum Gasteiger partial charge on any atom is 0.169 e. The first-order chi connectivity index (χ1) is 6.70. The summed E-state index contributed by atoms with van der Waals surface area (Å²) in [6.07, 6.45) is 2.85. The molecule has 3 fully saturated rings. The van der Waals surface area contributed by atoms with Gasteiger partial charge in [-0.2, -0.15) is 0 Å². The molecule has 0 aromatic rings. The van der Waals surface area contributed by atoms with Crippen molar-refractivity contribution >= 4 is 0 Å². The molecule has 2 saturated carbocycles. The third kappa shape index (κ3) is 1.16. The van der Waals surface area contributed by atoms with Crippen LogP contribution in [0.2, 0.25) is 0 Å². The van der Waals surface area contributed by atoms with E-state index >= 15 is 0 Å². The van der Waals surface area contributed by atoms with E-state index in [1.54, 1.807) is 0 Å². The maximum atomic E-state index is 9.75. The molecule has 1 aliphatic heterocycles. The Labute approximate surface area is 84.4 Å². The number of hydrogen-bond donors (Lipinski definition) is 1. The highest BCUT2D eigenvalue weighted by molar-refractivity contribution is 5.00. The monoisotopic (exact) mass is 198 g/mol. The van der Waals surface area contributed by atoms with Crippen LogP contribution in [0.5, 0.6) is 0 Å². The van der Waals surface area contributed by atoms with E-state index in [-0.39, 0.29) is 11.9 Å². The van der Waals surface area contributed by atoms with Gasteiger partial charge in [-0.25, -0.2) is 0 Å². The zero-order chi connectivity index (χ0) is 9.76. The Morgan fingerprint density at radius 3 is 2.57 bits per heavy atom. The molecule has 0 radical (unpaired) electrons. The quantitative estimate of drug-likeness (QED) is 0.634. The van der Waals surface area contributed by atoms with E-state index in [0.29, 0.717) is 17.8 Å². The van der Waals surface area contributed by atoms with Gasteiger partial charge in [0.15, 0.2) is 5.79 Å². The molecule has 0 aromatic carbocycles. The fraction of sp³-hybridized carbons (Fsp3) is 1.00. The average Bonchev–Trinajstić information content (AvgIpc) is 2.79. The summed E-state index contributed by atoms with van der Waals surface area (Å²) >= 11 is 0. The number of hydrogen-bond acceptors (Lipinski definition) is 3. The fourth-order valence-corrected chi connectivity index (χ4v) is 3.58. The Morgan fingerprint density at radius 1 is 1.21 bits per heavy atom. The lowest BCUT2D eigenvalue weighted by Crippen LogP contribution is -2.29. The predicted octanol–water partition coefficient (Wildman–Crippen LogP) is 1.16. The van der Waals surface area contributed by atoms with Gasteiger partial charge in [-0.05, 0) is 24.2 Å². The van der Waals surface area contributed by atoms with Crippen molar-refractivity contribution in [3.63, 3.8) is 0 Å². The van der Waals surface area contributed by atoms with Gasteiger partial charge in [0.05, 0.1) is 19.3 Å². The predicted molar refractivity (Wildman–Crippen MR) is 50.6 cm³/mol. The Bertz CT molecular complexity index is 235. The zero-order valence-electron chi connectivity index (χ0n) is 8.61. The summed E-state index contributed by atoms with van der Waals surface area (Å²) in [6, 6.07) is 0. The number of rotatable bonds is 0. The Morgan fingerprint density at radius 2 is 1.93 bits per heavy atom. The van der Waals surface area contributed by atoms with Gasteiger partial charge in [0, 0.05) is 12.8 Å². The molecule has 1 heterocycles. The van der Waals surface area contributed by atoms with Crippen molar-refractivity contribution in [2.75, 3.05) is 13.2 Å². The van der Waals surface area contributed by atoms with Crippen LogP contribution in [0, 0.1) is 17.8 Å². The van der Waals surface area contributed by atoms with Crippen molar-refractivity contribution < 1.29 is 14.6 Å². The highest BCUT2D eigenvalue weighted by Gasteiger charge is 2.55. The summed E-state index contributed by atoms with van der Waals surface area (Å²) in [4.78, 5) is 0. The van der Waals surface area contributed by atoms with Crippen LogP contribution in [0.3, 0.4) is 0 Å². The minimum atomic E-state index is -0.260. The first-order valence-corrected chi connectivity index (χ1v) is 5.66. The van der Waals surface area contributed by atoms with Crippen molar-refractivity contribution in [2.45, 2.75) is 38.1 Å². The van der Waals surface area contributed by atoms with Crippen LogP contribution in [-0.2, 0) is 9.47 Å². The minimum absolute atomic E-state index is 0.0937. The molecular weight excluding hydrogens is 180 g/mol.